The molecule has 0 bridgehead atoms. The van der Waals surface area contributed by atoms with Gasteiger partial charge in [-0.1, -0.05) is 56.3 Å². The maximum atomic E-state index is 12.0. The summed E-state index contributed by atoms with van der Waals surface area (Å²) in [4.78, 5) is 12.0. The van der Waals surface area contributed by atoms with E-state index in [0.717, 1.165) is 5.56 Å². The topological polar surface area (TPSA) is 37.3 Å². The van der Waals surface area contributed by atoms with Crippen LogP contribution in [0.25, 0.3) is 6.08 Å². The Morgan fingerprint density at radius 2 is 1.89 bits per heavy atom. The molecule has 0 spiro atoms. The van der Waals surface area contributed by atoms with Crippen molar-refractivity contribution in [3.05, 3.63) is 53.3 Å². The monoisotopic (exact) mass is 256 g/mol. The molecule has 2 nitrogen and oxygen atoms in total. The maximum absolute atomic E-state index is 12.0. The fourth-order valence-corrected chi connectivity index (χ4v) is 2.43. The fourth-order valence-electron chi connectivity index (χ4n) is 2.43. The van der Waals surface area contributed by atoms with Crippen LogP contribution in [0.5, 0.6) is 0 Å². The van der Waals surface area contributed by atoms with Gasteiger partial charge in [0.25, 0.3) is 0 Å². The van der Waals surface area contributed by atoms with E-state index in [0.29, 0.717) is 24.8 Å². The van der Waals surface area contributed by atoms with Crippen molar-refractivity contribution < 1.29 is 9.90 Å². The number of aliphatic hydroxyl groups is 1. The van der Waals surface area contributed by atoms with Crippen molar-refractivity contribution in [2.45, 2.75) is 33.1 Å². The van der Waals surface area contributed by atoms with E-state index in [2.05, 4.69) is 0 Å². The van der Waals surface area contributed by atoms with Crippen LogP contribution >= 0.6 is 0 Å². The molecule has 2 heteroatoms. The Labute approximate surface area is 114 Å². The number of carbonyl (C=O) groups is 1. The molecule has 0 heterocycles. The molecule has 1 N–H and O–H groups in total. The van der Waals surface area contributed by atoms with Gasteiger partial charge < -0.3 is 5.11 Å². The van der Waals surface area contributed by atoms with Crippen molar-refractivity contribution in [2.75, 3.05) is 0 Å². The summed E-state index contributed by atoms with van der Waals surface area (Å²) in [5.74, 6) is 0.338. The van der Waals surface area contributed by atoms with Crippen molar-refractivity contribution in [3.8, 4) is 0 Å². The summed E-state index contributed by atoms with van der Waals surface area (Å²) in [6.45, 7) is 4.02. The Hall–Kier alpha value is -1.83. The molecule has 19 heavy (non-hydrogen) atoms. The van der Waals surface area contributed by atoms with E-state index in [1.807, 2.05) is 56.3 Å². The summed E-state index contributed by atoms with van der Waals surface area (Å²) in [6, 6.07) is 9.95. The predicted octanol–water partition coefficient (Wildman–Crippen LogP) is 4.29. The average molecular weight is 256 g/mol. The minimum atomic E-state index is -0.117. The number of aliphatic hydroxyl groups excluding tert-OH is 1. The highest BCUT2D eigenvalue weighted by Gasteiger charge is 2.32. The van der Waals surface area contributed by atoms with Crippen LogP contribution in [-0.4, -0.2) is 10.9 Å². The first-order valence-electron chi connectivity index (χ1n) is 6.64. The van der Waals surface area contributed by atoms with Gasteiger partial charge >= 0.3 is 0 Å². The third kappa shape index (κ3) is 3.57. The van der Waals surface area contributed by atoms with Crippen LogP contribution in [0, 0.1) is 5.41 Å². The van der Waals surface area contributed by atoms with Gasteiger partial charge in [-0.25, -0.2) is 0 Å². The van der Waals surface area contributed by atoms with Crippen molar-refractivity contribution in [1.82, 2.24) is 0 Å². The normalized spacial score (nSPS) is 19.2. The quantitative estimate of drug-likeness (QED) is 0.875. The SMILES string of the molecule is CC1(C)CC(=O)C(C/C=C/c2ccccc2)=C(O)C1. The minimum absolute atomic E-state index is 0.0754. The molecule has 0 radical (unpaired) electrons. The lowest BCUT2D eigenvalue weighted by atomic mass is 9.76. The summed E-state index contributed by atoms with van der Waals surface area (Å²) in [5, 5.41) is 10.00. The van der Waals surface area contributed by atoms with E-state index in [1.165, 1.54) is 0 Å². The third-order valence-corrected chi connectivity index (χ3v) is 3.40. The van der Waals surface area contributed by atoms with Gasteiger partial charge in [-0.05, 0) is 17.4 Å². The van der Waals surface area contributed by atoms with E-state index in [9.17, 15) is 9.90 Å². The van der Waals surface area contributed by atoms with Gasteiger partial charge in [0, 0.05) is 18.4 Å². The molecule has 0 aromatic heterocycles. The first kappa shape index (κ1) is 13.6. The van der Waals surface area contributed by atoms with E-state index in [1.54, 1.807) is 0 Å². The molecular weight excluding hydrogens is 236 g/mol. The number of rotatable bonds is 3. The second kappa shape index (κ2) is 5.43. The number of allylic oxidation sites excluding steroid dienone is 3. The molecule has 100 valence electrons. The Morgan fingerprint density at radius 1 is 1.21 bits per heavy atom. The van der Waals surface area contributed by atoms with Crippen LogP contribution in [-0.2, 0) is 4.79 Å². The van der Waals surface area contributed by atoms with E-state index in [4.69, 9.17) is 0 Å². The molecule has 1 aliphatic rings. The fraction of sp³-hybridized carbons (Fsp3) is 0.353. The Balaban J connectivity index is 2.07. The van der Waals surface area contributed by atoms with Crippen molar-refractivity contribution in [3.63, 3.8) is 0 Å². The van der Waals surface area contributed by atoms with Gasteiger partial charge in [-0.3, -0.25) is 4.79 Å². The first-order valence-corrected chi connectivity index (χ1v) is 6.64. The Bertz CT molecular complexity index is 521. The van der Waals surface area contributed by atoms with E-state index < -0.39 is 0 Å². The summed E-state index contributed by atoms with van der Waals surface area (Å²) < 4.78 is 0. The standard InChI is InChI=1S/C17H20O2/c1-17(2)11-15(18)14(16(19)12-17)10-6-9-13-7-4-3-5-8-13/h3-9,18H,10-12H2,1-2H3/b9-6+. The molecule has 0 saturated carbocycles. The van der Waals surface area contributed by atoms with E-state index >= 15 is 0 Å². The molecule has 0 atom stereocenters. The van der Waals surface area contributed by atoms with Crippen LogP contribution in [0.15, 0.2) is 47.7 Å². The lowest BCUT2D eigenvalue weighted by Crippen LogP contribution is -2.25. The van der Waals surface area contributed by atoms with Gasteiger partial charge in [0.05, 0.1) is 5.76 Å². The van der Waals surface area contributed by atoms with Gasteiger partial charge in [-0.15, -0.1) is 0 Å². The van der Waals surface area contributed by atoms with Crippen molar-refractivity contribution >= 4 is 11.9 Å². The van der Waals surface area contributed by atoms with Crippen LogP contribution in [0.1, 0.15) is 38.7 Å². The van der Waals surface area contributed by atoms with Crippen LogP contribution in [0.4, 0.5) is 0 Å². The Kier molecular flexibility index (Phi) is 3.89. The van der Waals surface area contributed by atoms with Gasteiger partial charge in [0.2, 0.25) is 0 Å². The average Bonchev–Trinajstić information content (AvgIpc) is 2.32. The molecule has 0 aliphatic heterocycles. The molecular formula is C17H20O2. The number of benzene rings is 1. The molecule has 1 aliphatic carbocycles. The van der Waals surface area contributed by atoms with Crippen LogP contribution < -0.4 is 0 Å². The summed E-state index contributed by atoms with van der Waals surface area (Å²) >= 11 is 0. The molecule has 0 fully saturated rings. The molecule has 0 unspecified atom stereocenters. The zero-order valence-electron chi connectivity index (χ0n) is 11.5. The molecule has 0 saturated heterocycles. The summed E-state index contributed by atoms with van der Waals surface area (Å²) in [6.07, 6.45) is 5.54. The van der Waals surface area contributed by atoms with Crippen molar-refractivity contribution in [1.29, 1.82) is 0 Å². The predicted molar refractivity (Wildman–Crippen MR) is 77.8 cm³/mol. The summed E-state index contributed by atoms with van der Waals surface area (Å²) in [5.41, 5.74) is 1.56. The number of carbonyl (C=O) groups excluding carboxylic acids is 1. The third-order valence-electron chi connectivity index (χ3n) is 3.40. The van der Waals surface area contributed by atoms with Crippen LogP contribution in [0.3, 0.4) is 0 Å². The molecule has 2 rings (SSSR count). The minimum Gasteiger partial charge on any atom is -0.512 e. The Morgan fingerprint density at radius 3 is 2.53 bits per heavy atom. The van der Waals surface area contributed by atoms with Gasteiger partial charge in [-0.2, -0.15) is 0 Å². The van der Waals surface area contributed by atoms with Crippen molar-refractivity contribution in [2.24, 2.45) is 5.41 Å². The highest BCUT2D eigenvalue weighted by Crippen LogP contribution is 2.36. The zero-order valence-corrected chi connectivity index (χ0v) is 11.5. The van der Waals surface area contributed by atoms with Crippen LogP contribution in [0.2, 0.25) is 0 Å². The lowest BCUT2D eigenvalue weighted by molar-refractivity contribution is -0.118. The molecule has 1 aromatic rings. The smallest absolute Gasteiger partial charge is 0.163 e. The largest absolute Gasteiger partial charge is 0.512 e. The number of hydrogen-bond acceptors (Lipinski definition) is 2. The maximum Gasteiger partial charge on any atom is 0.163 e. The lowest BCUT2D eigenvalue weighted by Gasteiger charge is -2.29. The second-order valence-electron chi connectivity index (χ2n) is 5.88. The van der Waals surface area contributed by atoms with E-state index in [-0.39, 0.29) is 17.0 Å². The first-order chi connectivity index (χ1) is 8.98. The highest BCUT2D eigenvalue weighted by atomic mass is 16.3. The number of hydrogen-bond donors (Lipinski definition) is 1. The molecule has 1 aromatic carbocycles. The van der Waals surface area contributed by atoms with Gasteiger partial charge in [0.1, 0.15) is 0 Å². The summed E-state index contributed by atoms with van der Waals surface area (Å²) in [7, 11) is 0. The zero-order chi connectivity index (χ0) is 13.9. The highest BCUT2D eigenvalue weighted by molar-refractivity contribution is 5.97. The molecule has 0 amide bonds. The second-order valence-corrected chi connectivity index (χ2v) is 5.88. The number of Topliss-reactive ketones (excluding diaryl/α,β-unsaturated/α-hetero) is 1. The van der Waals surface area contributed by atoms with Gasteiger partial charge in [0.15, 0.2) is 5.78 Å². The number of ketones is 1.